The molecule has 0 unspecified atom stereocenters. The molecule has 8 heteroatoms. The third-order valence-corrected chi connectivity index (χ3v) is 4.11. The number of hydrazone groups is 1. The largest absolute Gasteiger partial charge is 0.454 e. The second-order valence-electron chi connectivity index (χ2n) is 5.85. The van der Waals surface area contributed by atoms with E-state index in [1.54, 1.807) is 10.7 Å². The van der Waals surface area contributed by atoms with Crippen molar-refractivity contribution in [2.45, 2.75) is 0 Å². The minimum absolute atomic E-state index is 0.248. The summed E-state index contributed by atoms with van der Waals surface area (Å²) in [7, 11) is 0. The molecule has 0 aliphatic carbocycles. The Morgan fingerprint density at radius 3 is 2.85 bits per heavy atom. The van der Waals surface area contributed by atoms with Crippen LogP contribution in [0.4, 0.5) is 5.82 Å². The molecule has 0 radical (unpaired) electrons. The third kappa shape index (κ3) is 2.93. The van der Waals surface area contributed by atoms with Gasteiger partial charge in [-0.1, -0.05) is 30.3 Å². The first kappa shape index (κ1) is 15.3. The summed E-state index contributed by atoms with van der Waals surface area (Å²) in [5.41, 5.74) is 5.69. The van der Waals surface area contributed by atoms with E-state index in [2.05, 4.69) is 25.6 Å². The molecule has 1 aliphatic rings. The van der Waals surface area contributed by atoms with Gasteiger partial charge < -0.3 is 9.47 Å². The highest BCUT2D eigenvalue weighted by molar-refractivity contribution is 5.81. The molecule has 2 aromatic carbocycles. The molecule has 0 bridgehead atoms. The van der Waals surface area contributed by atoms with E-state index >= 15 is 0 Å². The Morgan fingerprint density at radius 2 is 1.93 bits per heavy atom. The minimum Gasteiger partial charge on any atom is -0.454 e. The first-order valence-electron chi connectivity index (χ1n) is 8.32. The lowest BCUT2D eigenvalue weighted by atomic mass is 10.1. The van der Waals surface area contributed by atoms with Crippen LogP contribution in [-0.2, 0) is 0 Å². The fourth-order valence-electron chi connectivity index (χ4n) is 2.82. The van der Waals surface area contributed by atoms with Gasteiger partial charge in [0.05, 0.1) is 11.9 Å². The highest BCUT2D eigenvalue weighted by Gasteiger charge is 2.12. The zero-order valence-electron chi connectivity index (χ0n) is 14.1. The lowest BCUT2D eigenvalue weighted by Crippen LogP contribution is -2.02. The first-order chi connectivity index (χ1) is 13.4. The van der Waals surface area contributed by atoms with Crippen LogP contribution < -0.4 is 14.9 Å². The molecule has 0 atom stereocenters. The van der Waals surface area contributed by atoms with E-state index in [-0.39, 0.29) is 6.79 Å². The van der Waals surface area contributed by atoms with Gasteiger partial charge in [0, 0.05) is 11.6 Å². The Labute approximate surface area is 154 Å². The predicted octanol–water partition coefficient (Wildman–Crippen LogP) is 2.97. The molecule has 5 rings (SSSR count). The lowest BCUT2D eigenvalue weighted by Gasteiger charge is -2.06. The van der Waals surface area contributed by atoms with Crippen molar-refractivity contribution >= 4 is 17.8 Å². The van der Waals surface area contributed by atoms with Gasteiger partial charge in [-0.05, 0) is 23.8 Å². The van der Waals surface area contributed by atoms with Crippen LogP contribution >= 0.6 is 0 Å². The minimum atomic E-state index is 0.248. The van der Waals surface area contributed by atoms with Crippen molar-refractivity contribution in [1.82, 2.24) is 19.6 Å². The average Bonchev–Trinajstić information content (AvgIpc) is 3.37. The highest BCUT2D eigenvalue weighted by atomic mass is 16.7. The van der Waals surface area contributed by atoms with Crippen LogP contribution in [0, 0.1) is 0 Å². The molecule has 0 spiro atoms. The Balaban J connectivity index is 1.45. The van der Waals surface area contributed by atoms with E-state index < -0.39 is 0 Å². The van der Waals surface area contributed by atoms with Gasteiger partial charge >= 0.3 is 0 Å². The van der Waals surface area contributed by atoms with Crippen LogP contribution in [0.15, 0.2) is 66.0 Å². The maximum atomic E-state index is 5.38. The standard InChI is InChI=1S/C19H14N6O2/c1-2-4-14(5-3-1)15-9-18(25-19(23-15)20-11-22-25)24-21-10-13-6-7-16-17(8-13)27-12-26-16/h1-11,24H,12H2/b21-10+. The van der Waals surface area contributed by atoms with Crippen molar-refractivity contribution < 1.29 is 9.47 Å². The van der Waals surface area contributed by atoms with E-state index in [1.165, 1.54) is 6.33 Å². The predicted molar refractivity (Wildman–Crippen MR) is 100.0 cm³/mol. The van der Waals surface area contributed by atoms with Crippen molar-refractivity contribution in [1.29, 1.82) is 0 Å². The molecule has 0 amide bonds. The average molecular weight is 358 g/mol. The maximum absolute atomic E-state index is 5.38. The van der Waals surface area contributed by atoms with Crippen LogP contribution in [0.3, 0.4) is 0 Å². The third-order valence-electron chi connectivity index (χ3n) is 4.11. The summed E-state index contributed by atoms with van der Waals surface area (Å²) in [4.78, 5) is 8.73. The zero-order chi connectivity index (χ0) is 18.1. The van der Waals surface area contributed by atoms with Crippen LogP contribution in [0.2, 0.25) is 0 Å². The van der Waals surface area contributed by atoms with Crippen LogP contribution in [0.5, 0.6) is 11.5 Å². The van der Waals surface area contributed by atoms with E-state index in [1.807, 2.05) is 54.6 Å². The van der Waals surface area contributed by atoms with Crippen molar-refractivity contribution in [3.63, 3.8) is 0 Å². The number of nitrogens with one attached hydrogen (secondary N) is 1. The number of nitrogens with zero attached hydrogens (tertiary/aromatic N) is 5. The van der Waals surface area contributed by atoms with Gasteiger partial charge in [-0.25, -0.2) is 4.98 Å². The molecular formula is C19H14N6O2. The summed E-state index contributed by atoms with van der Waals surface area (Å²) in [6, 6.07) is 17.4. The quantitative estimate of drug-likeness (QED) is 0.446. The summed E-state index contributed by atoms with van der Waals surface area (Å²) in [5.74, 6) is 2.62. The molecule has 0 fully saturated rings. The molecule has 1 N–H and O–H groups in total. The summed E-state index contributed by atoms with van der Waals surface area (Å²) in [5, 5.41) is 8.51. The summed E-state index contributed by atoms with van der Waals surface area (Å²) >= 11 is 0. The Morgan fingerprint density at radius 1 is 1.04 bits per heavy atom. The smallest absolute Gasteiger partial charge is 0.254 e. The number of fused-ring (bicyclic) bond motifs is 2. The van der Waals surface area contributed by atoms with Gasteiger partial charge in [-0.15, -0.1) is 0 Å². The van der Waals surface area contributed by atoms with Gasteiger partial charge in [-0.2, -0.15) is 19.7 Å². The Hall–Kier alpha value is -3.94. The number of ether oxygens (including phenoxy) is 2. The van der Waals surface area contributed by atoms with Crippen LogP contribution in [0.1, 0.15) is 5.56 Å². The number of aromatic nitrogens is 4. The number of benzene rings is 2. The number of hydrogen-bond donors (Lipinski definition) is 1. The summed E-state index contributed by atoms with van der Waals surface area (Å²) in [6.45, 7) is 0.248. The molecule has 3 heterocycles. The molecule has 4 aromatic rings. The van der Waals surface area contributed by atoms with E-state index in [9.17, 15) is 0 Å². The number of rotatable bonds is 4. The van der Waals surface area contributed by atoms with Crippen molar-refractivity contribution in [3.8, 4) is 22.8 Å². The molecule has 0 saturated heterocycles. The summed E-state index contributed by atoms with van der Waals surface area (Å²) < 4.78 is 12.3. The number of anilines is 1. The van der Waals surface area contributed by atoms with Crippen molar-refractivity contribution in [3.05, 3.63) is 66.5 Å². The molecule has 2 aromatic heterocycles. The molecular weight excluding hydrogens is 344 g/mol. The summed E-state index contributed by atoms with van der Waals surface area (Å²) in [6.07, 6.45) is 3.16. The monoisotopic (exact) mass is 358 g/mol. The molecule has 1 aliphatic heterocycles. The molecule has 0 saturated carbocycles. The second kappa shape index (κ2) is 6.41. The van der Waals surface area contributed by atoms with Gasteiger partial charge in [0.2, 0.25) is 6.79 Å². The molecule has 27 heavy (non-hydrogen) atoms. The SMILES string of the molecule is C(=N\Nc1cc(-c2ccccc2)nc2ncnn12)/c1ccc2c(c1)OCO2. The van der Waals surface area contributed by atoms with Crippen LogP contribution in [-0.4, -0.2) is 32.6 Å². The maximum Gasteiger partial charge on any atom is 0.254 e. The van der Waals surface area contributed by atoms with Gasteiger partial charge in [0.25, 0.3) is 5.78 Å². The lowest BCUT2D eigenvalue weighted by molar-refractivity contribution is 0.174. The normalized spacial score (nSPS) is 12.7. The second-order valence-corrected chi connectivity index (χ2v) is 5.85. The fourth-order valence-corrected chi connectivity index (χ4v) is 2.82. The highest BCUT2D eigenvalue weighted by Crippen LogP contribution is 2.32. The fraction of sp³-hybridized carbons (Fsp3) is 0.0526. The first-order valence-corrected chi connectivity index (χ1v) is 8.32. The van der Waals surface area contributed by atoms with E-state index in [0.717, 1.165) is 22.6 Å². The Kier molecular flexibility index (Phi) is 3.64. The van der Waals surface area contributed by atoms with Gasteiger partial charge in [0.1, 0.15) is 6.33 Å². The topological polar surface area (TPSA) is 85.9 Å². The number of hydrogen-bond acceptors (Lipinski definition) is 7. The van der Waals surface area contributed by atoms with E-state index in [0.29, 0.717) is 17.3 Å². The molecule has 8 nitrogen and oxygen atoms in total. The van der Waals surface area contributed by atoms with Crippen molar-refractivity contribution in [2.24, 2.45) is 5.10 Å². The van der Waals surface area contributed by atoms with Crippen LogP contribution in [0.25, 0.3) is 17.0 Å². The zero-order valence-corrected chi connectivity index (χ0v) is 14.1. The Bertz CT molecular complexity index is 1140. The van der Waals surface area contributed by atoms with Gasteiger partial charge in [0.15, 0.2) is 17.3 Å². The molecule has 132 valence electrons. The van der Waals surface area contributed by atoms with Gasteiger partial charge in [-0.3, -0.25) is 5.43 Å². The van der Waals surface area contributed by atoms with E-state index in [4.69, 9.17) is 9.47 Å². The van der Waals surface area contributed by atoms with Crippen molar-refractivity contribution in [2.75, 3.05) is 12.2 Å².